The molecule has 18 heavy (non-hydrogen) atoms. The summed E-state index contributed by atoms with van der Waals surface area (Å²) in [5, 5.41) is 11.2. The molecule has 0 atom stereocenters. The first-order valence-electron chi connectivity index (χ1n) is 6.88. The van der Waals surface area contributed by atoms with Crippen molar-refractivity contribution in [2.75, 3.05) is 26.3 Å². The molecule has 0 aliphatic carbocycles. The van der Waals surface area contributed by atoms with E-state index in [0.717, 1.165) is 39.1 Å². The van der Waals surface area contributed by atoms with Gasteiger partial charge in [-0.3, -0.25) is 5.10 Å². The van der Waals surface area contributed by atoms with Crippen molar-refractivity contribution in [1.29, 1.82) is 0 Å². The monoisotopic (exact) mass is 313 g/mol. The van der Waals surface area contributed by atoms with Crippen LogP contribution in [0.15, 0.2) is 4.47 Å². The Morgan fingerprint density at radius 1 is 1.06 bits per heavy atom. The molecule has 3 heterocycles. The van der Waals surface area contributed by atoms with E-state index in [2.05, 4.69) is 31.4 Å². The first kappa shape index (κ1) is 12.6. The van der Waals surface area contributed by atoms with E-state index in [0.29, 0.717) is 11.8 Å². The smallest absolute Gasteiger partial charge is 0.0798 e. The molecule has 0 unspecified atom stereocenters. The molecule has 2 fully saturated rings. The van der Waals surface area contributed by atoms with Crippen LogP contribution >= 0.6 is 15.9 Å². The third-order valence-corrected chi connectivity index (χ3v) is 4.95. The minimum Gasteiger partial charge on any atom is -0.381 e. The summed E-state index contributed by atoms with van der Waals surface area (Å²) in [7, 11) is 0. The van der Waals surface area contributed by atoms with Gasteiger partial charge in [0.2, 0.25) is 0 Å². The Bertz CT molecular complexity index is 359. The van der Waals surface area contributed by atoms with Crippen LogP contribution in [0.3, 0.4) is 0 Å². The molecule has 0 spiro atoms. The number of hydrogen-bond donors (Lipinski definition) is 2. The van der Waals surface area contributed by atoms with E-state index in [9.17, 15) is 0 Å². The fraction of sp³-hybridized carbons (Fsp3) is 0.769. The summed E-state index contributed by atoms with van der Waals surface area (Å²) < 4.78 is 6.65. The fourth-order valence-electron chi connectivity index (χ4n) is 2.98. The average molecular weight is 314 g/mol. The predicted octanol–water partition coefficient (Wildman–Crippen LogP) is 2.53. The molecule has 5 heteroatoms. The van der Waals surface area contributed by atoms with Crippen molar-refractivity contribution in [2.24, 2.45) is 0 Å². The largest absolute Gasteiger partial charge is 0.381 e. The highest BCUT2D eigenvalue weighted by Crippen LogP contribution is 2.37. The third kappa shape index (κ3) is 2.49. The third-order valence-electron chi connectivity index (χ3n) is 4.11. The molecule has 3 rings (SSSR count). The Morgan fingerprint density at radius 3 is 2.50 bits per heavy atom. The maximum atomic E-state index is 5.43. The Labute approximate surface area is 116 Å². The second kappa shape index (κ2) is 5.72. The van der Waals surface area contributed by atoms with E-state index in [1.165, 1.54) is 28.7 Å². The van der Waals surface area contributed by atoms with E-state index in [-0.39, 0.29) is 0 Å². The van der Waals surface area contributed by atoms with Gasteiger partial charge in [-0.2, -0.15) is 5.10 Å². The van der Waals surface area contributed by atoms with Crippen molar-refractivity contribution in [3.05, 3.63) is 15.9 Å². The normalized spacial score (nSPS) is 23.4. The zero-order valence-corrected chi connectivity index (χ0v) is 12.1. The second-order valence-corrected chi connectivity index (χ2v) is 6.04. The summed E-state index contributed by atoms with van der Waals surface area (Å²) >= 11 is 3.77. The Balaban J connectivity index is 1.78. The number of ether oxygens (including phenoxy) is 1. The van der Waals surface area contributed by atoms with Gasteiger partial charge in [-0.1, -0.05) is 0 Å². The summed E-state index contributed by atoms with van der Waals surface area (Å²) in [6, 6.07) is 0. The van der Waals surface area contributed by atoms with Crippen LogP contribution < -0.4 is 5.32 Å². The van der Waals surface area contributed by atoms with Gasteiger partial charge in [0.05, 0.1) is 15.9 Å². The molecular formula is C13H20BrN3O. The topological polar surface area (TPSA) is 49.9 Å². The summed E-state index contributed by atoms with van der Waals surface area (Å²) in [4.78, 5) is 0. The van der Waals surface area contributed by atoms with Crippen molar-refractivity contribution in [2.45, 2.75) is 37.5 Å². The fourth-order valence-corrected chi connectivity index (χ4v) is 3.80. The Kier molecular flexibility index (Phi) is 4.01. The lowest BCUT2D eigenvalue weighted by molar-refractivity contribution is 0.0843. The predicted molar refractivity (Wildman–Crippen MR) is 73.9 cm³/mol. The number of hydrogen-bond acceptors (Lipinski definition) is 3. The molecule has 2 aliphatic rings. The second-order valence-electron chi connectivity index (χ2n) is 5.25. The number of nitrogens with zero attached hydrogens (tertiary/aromatic N) is 1. The van der Waals surface area contributed by atoms with Crippen LogP contribution in [0, 0.1) is 0 Å². The number of H-pyrrole nitrogens is 1. The zero-order chi connectivity index (χ0) is 12.4. The lowest BCUT2D eigenvalue weighted by Crippen LogP contribution is -2.26. The van der Waals surface area contributed by atoms with Gasteiger partial charge in [0.25, 0.3) is 0 Å². The van der Waals surface area contributed by atoms with Crippen molar-refractivity contribution in [3.8, 4) is 0 Å². The molecule has 1 aromatic heterocycles. The average Bonchev–Trinajstić information content (AvgIpc) is 2.83. The highest BCUT2D eigenvalue weighted by Gasteiger charge is 2.26. The van der Waals surface area contributed by atoms with Gasteiger partial charge >= 0.3 is 0 Å². The number of aromatic amines is 1. The van der Waals surface area contributed by atoms with Gasteiger partial charge in [-0.05, 0) is 54.7 Å². The van der Waals surface area contributed by atoms with Crippen molar-refractivity contribution >= 4 is 15.9 Å². The molecule has 2 N–H and O–H groups in total. The molecule has 100 valence electrons. The van der Waals surface area contributed by atoms with E-state index in [4.69, 9.17) is 4.74 Å². The number of piperidine rings is 1. The summed E-state index contributed by atoms with van der Waals surface area (Å²) in [5.74, 6) is 1.18. The first-order chi connectivity index (χ1) is 8.86. The quantitative estimate of drug-likeness (QED) is 0.882. The number of rotatable bonds is 2. The number of nitrogens with one attached hydrogen (secondary N) is 2. The molecule has 0 aromatic carbocycles. The lowest BCUT2D eigenvalue weighted by Gasteiger charge is -2.22. The minimum absolute atomic E-state index is 0.580. The minimum atomic E-state index is 0.580. The van der Waals surface area contributed by atoms with Crippen LogP contribution in [0.25, 0.3) is 0 Å². The zero-order valence-electron chi connectivity index (χ0n) is 10.5. The highest BCUT2D eigenvalue weighted by atomic mass is 79.9. The Hall–Kier alpha value is -0.390. The van der Waals surface area contributed by atoms with Crippen LogP contribution in [-0.4, -0.2) is 36.5 Å². The number of aromatic nitrogens is 2. The molecule has 0 amide bonds. The van der Waals surface area contributed by atoms with E-state index in [1.807, 2.05) is 0 Å². The van der Waals surface area contributed by atoms with Gasteiger partial charge in [0, 0.05) is 25.0 Å². The van der Waals surface area contributed by atoms with Crippen LogP contribution in [0.4, 0.5) is 0 Å². The van der Waals surface area contributed by atoms with Gasteiger partial charge < -0.3 is 10.1 Å². The van der Waals surface area contributed by atoms with Crippen molar-refractivity contribution < 1.29 is 4.74 Å². The molecule has 4 nitrogen and oxygen atoms in total. The number of halogens is 1. The molecule has 1 aromatic rings. The molecule has 0 radical (unpaired) electrons. The van der Waals surface area contributed by atoms with Crippen LogP contribution in [0.5, 0.6) is 0 Å². The molecule has 0 bridgehead atoms. The standard InChI is InChI=1S/C13H20BrN3O/c14-11-12(9-1-5-15-6-2-9)16-17-13(11)10-3-7-18-8-4-10/h9-10,15H,1-8H2,(H,16,17). The summed E-state index contributed by atoms with van der Waals surface area (Å²) in [5.41, 5.74) is 2.52. The van der Waals surface area contributed by atoms with Gasteiger partial charge in [-0.25, -0.2) is 0 Å². The maximum Gasteiger partial charge on any atom is 0.0798 e. The van der Waals surface area contributed by atoms with Crippen molar-refractivity contribution in [1.82, 2.24) is 15.5 Å². The van der Waals surface area contributed by atoms with Crippen LogP contribution in [-0.2, 0) is 4.74 Å². The van der Waals surface area contributed by atoms with E-state index in [1.54, 1.807) is 0 Å². The summed E-state index contributed by atoms with van der Waals surface area (Å²) in [6.07, 6.45) is 4.59. The SMILES string of the molecule is Brc1c(C2CCNCC2)n[nH]c1C1CCOCC1. The van der Waals surface area contributed by atoms with Gasteiger partial charge in [-0.15, -0.1) is 0 Å². The highest BCUT2D eigenvalue weighted by molar-refractivity contribution is 9.10. The van der Waals surface area contributed by atoms with E-state index >= 15 is 0 Å². The lowest BCUT2D eigenvalue weighted by atomic mass is 9.92. The Morgan fingerprint density at radius 2 is 1.78 bits per heavy atom. The molecule has 2 saturated heterocycles. The maximum absolute atomic E-state index is 5.43. The van der Waals surface area contributed by atoms with Gasteiger partial charge in [0.15, 0.2) is 0 Å². The molecule has 0 saturated carbocycles. The first-order valence-corrected chi connectivity index (χ1v) is 7.67. The van der Waals surface area contributed by atoms with Crippen LogP contribution in [0.2, 0.25) is 0 Å². The van der Waals surface area contributed by atoms with Crippen molar-refractivity contribution in [3.63, 3.8) is 0 Å². The van der Waals surface area contributed by atoms with E-state index < -0.39 is 0 Å². The van der Waals surface area contributed by atoms with Crippen LogP contribution in [0.1, 0.15) is 48.9 Å². The summed E-state index contributed by atoms with van der Waals surface area (Å²) in [6.45, 7) is 3.96. The van der Waals surface area contributed by atoms with Gasteiger partial charge in [0.1, 0.15) is 0 Å². The molecule has 2 aliphatic heterocycles. The molecular weight excluding hydrogens is 294 g/mol.